The molecule has 0 amide bonds. The Balaban J connectivity index is 2.19. The fraction of sp³-hybridized carbons (Fsp3) is 0.375. The first-order valence-electron chi connectivity index (χ1n) is 7.31. The van der Waals surface area contributed by atoms with E-state index in [0.717, 1.165) is 34.8 Å². The first-order chi connectivity index (χ1) is 10.2. The maximum atomic E-state index is 6.07. The lowest BCUT2D eigenvalue weighted by Gasteiger charge is -2.16. The second-order valence-corrected chi connectivity index (χ2v) is 5.33. The highest BCUT2D eigenvalue weighted by Gasteiger charge is 2.23. The minimum Gasteiger partial charge on any atom is -0.329 e. The van der Waals surface area contributed by atoms with Crippen molar-refractivity contribution in [3.05, 3.63) is 47.5 Å². The molecule has 0 aliphatic carbocycles. The van der Waals surface area contributed by atoms with E-state index in [1.54, 1.807) is 0 Å². The standard InChI is InChI=1S/C16H21N5/c1-4-21-14-8-6-5-7-13(14)18-16(21)12(10-17)15-9-11(2)19-20(15)3/h5-9,12H,4,10,17H2,1-3H3. The minimum atomic E-state index is 0.0588. The smallest absolute Gasteiger partial charge is 0.120 e. The predicted octanol–water partition coefficient (Wildman–Crippen LogP) is 2.19. The number of aromatic nitrogens is 4. The molecule has 1 unspecified atom stereocenters. The number of aryl methyl sites for hydroxylation is 3. The summed E-state index contributed by atoms with van der Waals surface area (Å²) in [6, 6.07) is 10.3. The van der Waals surface area contributed by atoms with Gasteiger partial charge in [0.25, 0.3) is 0 Å². The maximum Gasteiger partial charge on any atom is 0.120 e. The van der Waals surface area contributed by atoms with Crippen LogP contribution in [0.15, 0.2) is 30.3 Å². The highest BCUT2D eigenvalue weighted by molar-refractivity contribution is 5.76. The van der Waals surface area contributed by atoms with Gasteiger partial charge in [-0.3, -0.25) is 4.68 Å². The van der Waals surface area contributed by atoms with Crippen LogP contribution in [0.4, 0.5) is 0 Å². The Bertz CT molecular complexity index is 768. The molecule has 2 N–H and O–H groups in total. The zero-order valence-corrected chi connectivity index (χ0v) is 12.7. The summed E-state index contributed by atoms with van der Waals surface area (Å²) in [4.78, 5) is 4.82. The molecule has 21 heavy (non-hydrogen) atoms. The summed E-state index contributed by atoms with van der Waals surface area (Å²) in [6.45, 7) is 5.53. The summed E-state index contributed by atoms with van der Waals surface area (Å²) in [5.74, 6) is 1.08. The Hall–Kier alpha value is -2.14. The van der Waals surface area contributed by atoms with Crippen molar-refractivity contribution in [2.75, 3.05) is 6.54 Å². The molecule has 0 saturated heterocycles. The van der Waals surface area contributed by atoms with E-state index >= 15 is 0 Å². The zero-order chi connectivity index (χ0) is 15.0. The molecule has 2 aromatic heterocycles. The van der Waals surface area contributed by atoms with Gasteiger partial charge in [-0.25, -0.2) is 4.98 Å². The zero-order valence-electron chi connectivity index (χ0n) is 12.7. The van der Waals surface area contributed by atoms with Gasteiger partial charge < -0.3 is 10.3 Å². The average Bonchev–Trinajstić information content (AvgIpc) is 3.00. The molecule has 1 aromatic carbocycles. The first-order valence-corrected chi connectivity index (χ1v) is 7.31. The summed E-state index contributed by atoms with van der Waals surface area (Å²) < 4.78 is 4.15. The van der Waals surface area contributed by atoms with Gasteiger partial charge in [0.1, 0.15) is 5.82 Å². The number of hydrogen-bond acceptors (Lipinski definition) is 3. The third-order valence-electron chi connectivity index (χ3n) is 3.94. The fourth-order valence-electron chi connectivity index (χ4n) is 3.01. The molecular weight excluding hydrogens is 262 g/mol. The number of benzene rings is 1. The van der Waals surface area contributed by atoms with Crippen LogP contribution in [0.1, 0.15) is 30.1 Å². The van der Waals surface area contributed by atoms with E-state index in [4.69, 9.17) is 10.7 Å². The van der Waals surface area contributed by atoms with E-state index in [-0.39, 0.29) is 5.92 Å². The molecular formula is C16H21N5. The Morgan fingerprint density at radius 2 is 2.05 bits per heavy atom. The maximum absolute atomic E-state index is 6.07. The Morgan fingerprint density at radius 1 is 1.29 bits per heavy atom. The monoisotopic (exact) mass is 283 g/mol. The first kappa shape index (κ1) is 13.8. The predicted molar refractivity (Wildman–Crippen MR) is 84.2 cm³/mol. The SMILES string of the molecule is CCn1c(C(CN)c2cc(C)nn2C)nc2ccccc21. The topological polar surface area (TPSA) is 61.7 Å². The van der Waals surface area contributed by atoms with E-state index in [2.05, 4.69) is 28.7 Å². The molecule has 1 atom stereocenters. The Morgan fingerprint density at radius 3 is 2.67 bits per heavy atom. The summed E-state index contributed by atoms with van der Waals surface area (Å²) >= 11 is 0. The van der Waals surface area contributed by atoms with Gasteiger partial charge in [-0.1, -0.05) is 12.1 Å². The van der Waals surface area contributed by atoms with Crippen LogP contribution in [-0.4, -0.2) is 25.9 Å². The second kappa shape index (κ2) is 5.33. The second-order valence-electron chi connectivity index (χ2n) is 5.33. The van der Waals surface area contributed by atoms with E-state index in [0.29, 0.717) is 6.54 Å². The van der Waals surface area contributed by atoms with Gasteiger partial charge in [0.05, 0.1) is 28.3 Å². The summed E-state index contributed by atoms with van der Waals surface area (Å²) in [5, 5.41) is 4.44. The molecule has 5 nitrogen and oxygen atoms in total. The van der Waals surface area contributed by atoms with Crippen molar-refractivity contribution in [3.8, 4) is 0 Å². The van der Waals surface area contributed by atoms with Crippen LogP contribution in [0.25, 0.3) is 11.0 Å². The van der Waals surface area contributed by atoms with Gasteiger partial charge in [-0.2, -0.15) is 5.10 Å². The highest BCUT2D eigenvalue weighted by atomic mass is 15.3. The van der Waals surface area contributed by atoms with Crippen LogP contribution in [0.2, 0.25) is 0 Å². The third kappa shape index (κ3) is 2.23. The number of para-hydroxylation sites is 2. The number of nitrogens with two attached hydrogens (primary N) is 1. The molecule has 0 bridgehead atoms. The number of imidazole rings is 1. The molecule has 110 valence electrons. The van der Waals surface area contributed by atoms with Crippen LogP contribution in [0.3, 0.4) is 0 Å². The summed E-state index contributed by atoms with van der Waals surface area (Å²) in [6.07, 6.45) is 0. The van der Waals surface area contributed by atoms with Gasteiger partial charge in [-0.05, 0) is 32.0 Å². The van der Waals surface area contributed by atoms with Crippen LogP contribution in [0.5, 0.6) is 0 Å². The fourth-order valence-corrected chi connectivity index (χ4v) is 3.01. The van der Waals surface area contributed by atoms with Crippen LogP contribution >= 0.6 is 0 Å². The van der Waals surface area contributed by atoms with Gasteiger partial charge in [0.2, 0.25) is 0 Å². The largest absolute Gasteiger partial charge is 0.329 e. The van der Waals surface area contributed by atoms with Crippen molar-refractivity contribution < 1.29 is 0 Å². The van der Waals surface area contributed by atoms with Gasteiger partial charge in [0.15, 0.2) is 0 Å². The number of fused-ring (bicyclic) bond motifs is 1. The molecule has 0 radical (unpaired) electrons. The number of rotatable bonds is 4. The number of hydrogen-bond donors (Lipinski definition) is 1. The normalized spacial score (nSPS) is 13.0. The van der Waals surface area contributed by atoms with E-state index < -0.39 is 0 Å². The average molecular weight is 283 g/mol. The van der Waals surface area contributed by atoms with Crippen molar-refractivity contribution in [1.29, 1.82) is 0 Å². The lowest BCUT2D eigenvalue weighted by Crippen LogP contribution is -2.21. The van der Waals surface area contributed by atoms with Crippen molar-refractivity contribution in [3.63, 3.8) is 0 Å². The van der Waals surface area contributed by atoms with Crippen molar-refractivity contribution in [1.82, 2.24) is 19.3 Å². The molecule has 0 fully saturated rings. The third-order valence-corrected chi connectivity index (χ3v) is 3.94. The van der Waals surface area contributed by atoms with E-state index in [1.807, 2.05) is 36.9 Å². The Labute approximate surface area is 124 Å². The van der Waals surface area contributed by atoms with Crippen molar-refractivity contribution >= 4 is 11.0 Å². The Kier molecular flexibility index (Phi) is 3.51. The van der Waals surface area contributed by atoms with E-state index in [1.165, 1.54) is 0 Å². The molecule has 3 rings (SSSR count). The highest BCUT2D eigenvalue weighted by Crippen LogP contribution is 2.27. The lowest BCUT2D eigenvalue weighted by molar-refractivity contribution is 0.606. The summed E-state index contributed by atoms with van der Waals surface area (Å²) in [5.41, 5.74) is 10.4. The number of nitrogens with zero attached hydrogens (tertiary/aromatic N) is 4. The molecule has 3 aromatic rings. The van der Waals surface area contributed by atoms with E-state index in [9.17, 15) is 0 Å². The molecule has 0 aliphatic heterocycles. The summed E-state index contributed by atoms with van der Waals surface area (Å²) in [7, 11) is 1.96. The van der Waals surface area contributed by atoms with Gasteiger partial charge in [0, 0.05) is 20.1 Å². The molecule has 0 aliphatic rings. The quantitative estimate of drug-likeness (QED) is 0.798. The van der Waals surface area contributed by atoms with Crippen molar-refractivity contribution in [2.24, 2.45) is 12.8 Å². The van der Waals surface area contributed by atoms with Crippen LogP contribution in [0, 0.1) is 6.92 Å². The van der Waals surface area contributed by atoms with Gasteiger partial charge in [-0.15, -0.1) is 0 Å². The lowest BCUT2D eigenvalue weighted by atomic mass is 10.0. The van der Waals surface area contributed by atoms with Crippen LogP contribution < -0.4 is 5.73 Å². The molecule has 0 spiro atoms. The van der Waals surface area contributed by atoms with Gasteiger partial charge >= 0.3 is 0 Å². The van der Waals surface area contributed by atoms with Crippen LogP contribution in [-0.2, 0) is 13.6 Å². The minimum absolute atomic E-state index is 0.0588. The molecule has 5 heteroatoms. The van der Waals surface area contributed by atoms with Crippen molar-refractivity contribution in [2.45, 2.75) is 26.3 Å². The molecule has 0 saturated carbocycles. The molecule has 2 heterocycles.